The number of amides is 1. The van der Waals surface area contributed by atoms with Gasteiger partial charge in [-0.05, 0) is 45.1 Å². The minimum atomic E-state index is -0.0207. The van der Waals surface area contributed by atoms with Gasteiger partial charge < -0.3 is 15.2 Å². The van der Waals surface area contributed by atoms with Crippen molar-refractivity contribution in [2.75, 3.05) is 31.5 Å². The maximum atomic E-state index is 11.9. The first kappa shape index (κ1) is 17.2. The van der Waals surface area contributed by atoms with Crippen LogP contribution in [0.1, 0.15) is 31.4 Å². The van der Waals surface area contributed by atoms with Gasteiger partial charge in [-0.2, -0.15) is 0 Å². The molecule has 1 aliphatic heterocycles. The number of nitrogens with zero attached hydrogens (tertiary/aromatic N) is 2. The molecule has 6 nitrogen and oxygen atoms in total. The number of aromatic nitrogens is 1. The van der Waals surface area contributed by atoms with Crippen LogP contribution in [0.4, 0.5) is 5.82 Å². The molecule has 0 unspecified atom stereocenters. The average Bonchev–Trinajstić information content (AvgIpc) is 3.21. The van der Waals surface area contributed by atoms with Gasteiger partial charge in [0.25, 0.3) is 0 Å². The zero-order chi connectivity index (χ0) is 14.7. The van der Waals surface area contributed by atoms with Crippen molar-refractivity contribution in [2.45, 2.75) is 38.6 Å². The number of hydrogen-bond donors (Lipinski definition) is 2. The van der Waals surface area contributed by atoms with Crippen LogP contribution in [-0.2, 0) is 4.79 Å². The number of rotatable bonds is 6. The molecule has 0 spiro atoms. The molecular formula is C15H25ClN4O2. The number of aryl methyl sites for hydroxylation is 1. The Morgan fingerprint density at radius 3 is 2.68 bits per heavy atom. The third kappa shape index (κ3) is 5.26. The summed E-state index contributed by atoms with van der Waals surface area (Å²) < 4.78 is 4.93. The van der Waals surface area contributed by atoms with E-state index in [1.165, 1.54) is 19.4 Å². The quantitative estimate of drug-likeness (QED) is 0.833. The SMILES string of the molecule is Cc1cc(NC(=O)CN2CCC(NCC3CC3)CC2)no1.Cl. The Morgan fingerprint density at radius 1 is 1.36 bits per heavy atom. The van der Waals surface area contributed by atoms with E-state index in [0.29, 0.717) is 24.2 Å². The van der Waals surface area contributed by atoms with Crippen molar-refractivity contribution in [1.29, 1.82) is 0 Å². The summed E-state index contributed by atoms with van der Waals surface area (Å²) in [6.07, 6.45) is 5.05. The molecule has 0 bridgehead atoms. The van der Waals surface area contributed by atoms with Gasteiger partial charge in [0.2, 0.25) is 5.91 Å². The summed E-state index contributed by atoms with van der Waals surface area (Å²) in [7, 11) is 0. The van der Waals surface area contributed by atoms with Crippen molar-refractivity contribution in [1.82, 2.24) is 15.4 Å². The number of halogens is 1. The molecule has 2 fully saturated rings. The third-order valence-corrected chi connectivity index (χ3v) is 4.24. The van der Waals surface area contributed by atoms with Crippen molar-refractivity contribution >= 4 is 24.1 Å². The first-order valence-electron chi connectivity index (χ1n) is 7.88. The van der Waals surface area contributed by atoms with E-state index in [1.54, 1.807) is 6.07 Å². The zero-order valence-corrected chi connectivity index (χ0v) is 13.8. The minimum absolute atomic E-state index is 0. The zero-order valence-electron chi connectivity index (χ0n) is 13.0. The van der Waals surface area contributed by atoms with Gasteiger partial charge in [-0.25, -0.2) is 0 Å². The summed E-state index contributed by atoms with van der Waals surface area (Å²) >= 11 is 0. The van der Waals surface area contributed by atoms with E-state index in [1.807, 2.05) is 6.92 Å². The maximum absolute atomic E-state index is 11.9. The van der Waals surface area contributed by atoms with Gasteiger partial charge in [-0.15, -0.1) is 12.4 Å². The van der Waals surface area contributed by atoms with Crippen LogP contribution < -0.4 is 10.6 Å². The fourth-order valence-electron chi connectivity index (χ4n) is 2.76. The fraction of sp³-hybridized carbons (Fsp3) is 0.733. The topological polar surface area (TPSA) is 70.4 Å². The number of hydrogen-bond acceptors (Lipinski definition) is 5. The third-order valence-electron chi connectivity index (χ3n) is 4.24. The second-order valence-corrected chi connectivity index (χ2v) is 6.27. The molecule has 3 rings (SSSR count). The number of likely N-dealkylation sites (tertiary alicyclic amines) is 1. The number of carbonyl (C=O) groups is 1. The monoisotopic (exact) mass is 328 g/mol. The summed E-state index contributed by atoms with van der Waals surface area (Å²) in [6.45, 7) is 5.38. The summed E-state index contributed by atoms with van der Waals surface area (Å²) in [6, 6.07) is 2.36. The van der Waals surface area contributed by atoms with Crippen LogP contribution in [0.25, 0.3) is 0 Å². The summed E-state index contributed by atoms with van der Waals surface area (Å²) in [4.78, 5) is 14.2. The van der Waals surface area contributed by atoms with Gasteiger partial charge >= 0.3 is 0 Å². The molecule has 0 aromatic carbocycles. The molecule has 1 aromatic rings. The molecule has 0 radical (unpaired) electrons. The number of piperidine rings is 1. The van der Waals surface area contributed by atoms with Crippen molar-refractivity contribution in [3.8, 4) is 0 Å². The van der Waals surface area contributed by atoms with Gasteiger partial charge in [-0.3, -0.25) is 9.69 Å². The largest absolute Gasteiger partial charge is 0.360 e. The van der Waals surface area contributed by atoms with Crippen molar-refractivity contribution in [2.24, 2.45) is 5.92 Å². The molecule has 1 aromatic heterocycles. The molecular weight excluding hydrogens is 304 g/mol. The van der Waals surface area contributed by atoms with Gasteiger partial charge in [0.05, 0.1) is 6.54 Å². The standard InChI is InChI=1S/C15H24N4O2.ClH/c1-11-8-14(18-21-11)17-15(20)10-19-6-4-13(5-7-19)16-9-12-2-3-12;/h8,12-13,16H,2-7,9-10H2,1H3,(H,17,18,20);1H. The lowest BCUT2D eigenvalue weighted by Gasteiger charge is -2.31. The Kier molecular flexibility index (Phi) is 6.23. The molecule has 1 saturated carbocycles. The molecule has 0 atom stereocenters. The average molecular weight is 329 g/mol. The van der Waals surface area contributed by atoms with Crippen molar-refractivity contribution in [3.63, 3.8) is 0 Å². The maximum Gasteiger partial charge on any atom is 0.239 e. The second kappa shape index (κ2) is 7.94. The summed E-state index contributed by atoms with van der Waals surface area (Å²) in [5, 5.41) is 10.2. The molecule has 1 saturated heterocycles. The second-order valence-electron chi connectivity index (χ2n) is 6.27. The fourth-order valence-corrected chi connectivity index (χ4v) is 2.76. The number of anilines is 1. The molecule has 124 valence electrons. The number of nitrogens with one attached hydrogen (secondary N) is 2. The van der Waals surface area contributed by atoms with Gasteiger partial charge in [0, 0.05) is 25.2 Å². The molecule has 2 aliphatic rings. The van der Waals surface area contributed by atoms with Crippen LogP contribution in [0.5, 0.6) is 0 Å². The van der Waals surface area contributed by atoms with Gasteiger partial charge in [0.1, 0.15) is 5.76 Å². The Morgan fingerprint density at radius 2 is 2.09 bits per heavy atom. The van der Waals surface area contributed by atoms with Crippen LogP contribution in [0.2, 0.25) is 0 Å². The molecule has 7 heteroatoms. The molecule has 1 aliphatic carbocycles. The molecule has 1 amide bonds. The van der Waals surface area contributed by atoms with E-state index < -0.39 is 0 Å². The lowest BCUT2D eigenvalue weighted by atomic mass is 10.0. The van der Waals surface area contributed by atoms with Crippen molar-refractivity contribution in [3.05, 3.63) is 11.8 Å². The summed E-state index contributed by atoms with van der Waals surface area (Å²) in [5.74, 6) is 2.11. The normalized spacial score (nSPS) is 19.7. The first-order chi connectivity index (χ1) is 10.2. The lowest BCUT2D eigenvalue weighted by molar-refractivity contribution is -0.117. The Balaban J connectivity index is 0.00000176. The predicted molar refractivity (Wildman–Crippen MR) is 87.3 cm³/mol. The highest BCUT2D eigenvalue weighted by molar-refractivity contribution is 5.91. The van der Waals surface area contributed by atoms with Crippen LogP contribution in [-0.4, -0.2) is 48.2 Å². The minimum Gasteiger partial charge on any atom is -0.360 e. The van der Waals surface area contributed by atoms with E-state index in [4.69, 9.17) is 4.52 Å². The molecule has 2 heterocycles. The summed E-state index contributed by atoms with van der Waals surface area (Å²) in [5.41, 5.74) is 0. The van der Waals surface area contributed by atoms with Gasteiger partial charge in [-0.1, -0.05) is 5.16 Å². The van der Waals surface area contributed by atoms with E-state index in [9.17, 15) is 4.79 Å². The molecule has 2 N–H and O–H groups in total. The highest BCUT2D eigenvalue weighted by Crippen LogP contribution is 2.28. The van der Waals surface area contributed by atoms with Gasteiger partial charge in [0.15, 0.2) is 5.82 Å². The smallest absolute Gasteiger partial charge is 0.239 e. The number of carbonyl (C=O) groups excluding carboxylic acids is 1. The van der Waals surface area contributed by atoms with E-state index in [0.717, 1.165) is 31.8 Å². The Bertz CT molecular complexity index is 482. The van der Waals surface area contributed by atoms with Crippen LogP contribution in [0, 0.1) is 12.8 Å². The first-order valence-corrected chi connectivity index (χ1v) is 7.88. The Hall–Kier alpha value is -1.11. The highest BCUT2D eigenvalue weighted by atomic mass is 35.5. The molecule has 22 heavy (non-hydrogen) atoms. The Labute approximate surface area is 137 Å². The van der Waals surface area contributed by atoms with E-state index in [2.05, 4.69) is 20.7 Å². The van der Waals surface area contributed by atoms with Crippen LogP contribution in [0.15, 0.2) is 10.6 Å². The van der Waals surface area contributed by atoms with Crippen LogP contribution >= 0.6 is 12.4 Å². The van der Waals surface area contributed by atoms with E-state index >= 15 is 0 Å². The van der Waals surface area contributed by atoms with Crippen LogP contribution in [0.3, 0.4) is 0 Å². The lowest BCUT2D eigenvalue weighted by Crippen LogP contribution is -2.45. The van der Waals surface area contributed by atoms with E-state index in [-0.39, 0.29) is 18.3 Å². The highest BCUT2D eigenvalue weighted by Gasteiger charge is 2.25. The predicted octanol–water partition coefficient (Wildman–Crippen LogP) is 1.81. The van der Waals surface area contributed by atoms with Crippen molar-refractivity contribution < 1.29 is 9.32 Å².